The Morgan fingerprint density at radius 2 is 1.86 bits per heavy atom. The molecular formula is C16H23FO4Si. The number of aldehydes is 1. The number of rotatable bonds is 4. The Bertz CT molecular complexity index is 560. The lowest BCUT2D eigenvalue weighted by Crippen LogP contribution is -2.44. The lowest BCUT2D eigenvalue weighted by molar-refractivity contribution is -0.0456. The van der Waals surface area contributed by atoms with E-state index in [4.69, 9.17) is 13.9 Å². The predicted molar refractivity (Wildman–Crippen MR) is 84.3 cm³/mol. The number of carbonyl (C=O) groups excluding carboxylic acids is 1. The second-order valence-corrected chi connectivity index (χ2v) is 11.7. The summed E-state index contributed by atoms with van der Waals surface area (Å²) in [5, 5.41) is -0.0165. The zero-order valence-electron chi connectivity index (χ0n) is 13.7. The van der Waals surface area contributed by atoms with Gasteiger partial charge in [-0.15, -0.1) is 0 Å². The van der Waals surface area contributed by atoms with Gasteiger partial charge in [0, 0.05) is 0 Å². The molecule has 2 rings (SSSR count). The first kappa shape index (κ1) is 17.1. The minimum absolute atomic E-state index is 0.0165. The molecule has 1 aliphatic rings. The average molecular weight is 326 g/mol. The highest BCUT2D eigenvalue weighted by Crippen LogP contribution is 2.41. The molecule has 0 aliphatic carbocycles. The first-order valence-corrected chi connectivity index (χ1v) is 10.3. The van der Waals surface area contributed by atoms with Crippen LogP contribution in [0.1, 0.15) is 43.0 Å². The summed E-state index contributed by atoms with van der Waals surface area (Å²) in [5.74, 6) is -0.117. The third-order valence-corrected chi connectivity index (χ3v) is 8.68. The Hall–Kier alpha value is -1.24. The molecule has 1 aromatic rings. The van der Waals surface area contributed by atoms with Crippen LogP contribution in [0.2, 0.25) is 18.1 Å². The number of ether oxygens (including phenoxy) is 2. The second-order valence-electron chi connectivity index (χ2n) is 6.93. The van der Waals surface area contributed by atoms with Crippen LogP contribution < -0.4 is 4.43 Å². The maximum absolute atomic E-state index is 14.0. The van der Waals surface area contributed by atoms with Gasteiger partial charge in [-0.2, -0.15) is 0 Å². The summed E-state index contributed by atoms with van der Waals surface area (Å²) < 4.78 is 31.2. The van der Waals surface area contributed by atoms with Crippen molar-refractivity contribution in [3.05, 3.63) is 29.1 Å². The molecular weight excluding hydrogens is 303 g/mol. The summed E-state index contributed by atoms with van der Waals surface area (Å²) in [6, 6.07) is 2.81. The Labute approximate surface area is 131 Å². The van der Waals surface area contributed by atoms with Gasteiger partial charge in [-0.1, -0.05) is 20.8 Å². The van der Waals surface area contributed by atoms with Gasteiger partial charge in [0.25, 0.3) is 0 Å². The van der Waals surface area contributed by atoms with E-state index in [0.29, 0.717) is 30.8 Å². The summed E-state index contributed by atoms with van der Waals surface area (Å²) >= 11 is 0. The molecule has 22 heavy (non-hydrogen) atoms. The van der Waals surface area contributed by atoms with Gasteiger partial charge in [0.05, 0.1) is 24.3 Å². The van der Waals surface area contributed by atoms with Crippen molar-refractivity contribution in [3.63, 3.8) is 0 Å². The van der Waals surface area contributed by atoms with E-state index in [1.165, 1.54) is 6.07 Å². The quantitative estimate of drug-likeness (QED) is 0.618. The fraction of sp³-hybridized carbons (Fsp3) is 0.562. The molecule has 0 aromatic heterocycles. The summed E-state index contributed by atoms with van der Waals surface area (Å²) in [6.07, 6.45) is -0.260. The van der Waals surface area contributed by atoms with Gasteiger partial charge in [-0.3, -0.25) is 4.79 Å². The van der Waals surface area contributed by atoms with Crippen LogP contribution in [0.3, 0.4) is 0 Å². The topological polar surface area (TPSA) is 44.8 Å². The summed E-state index contributed by atoms with van der Waals surface area (Å²) in [4.78, 5) is 11.3. The van der Waals surface area contributed by atoms with Crippen molar-refractivity contribution in [2.45, 2.75) is 45.2 Å². The molecule has 1 aromatic carbocycles. The first-order valence-electron chi connectivity index (χ1n) is 7.37. The van der Waals surface area contributed by atoms with Crippen LogP contribution in [0.15, 0.2) is 12.1 Å². The highest BCUT2D eigenvalue weighted by Gasteiger charge is 2.40. The van der Waals surface area contributed by atoms with Crippen molar-refractivity contribution in [2.75, 3.05) is 13.2 Å². The second kappa shape index (κ2) is 6.10. The number of benzene rings is 1. The van der Waals surface area contributed by atoms with Crippen LogP contribution in [0.5, 0.6) is 5.75 Å². The van der Waals surface area contributed by atoms with E-state index in [-0.39, 0.29) is 10.6 Å². The predicted octanol–water partition coefficient (Wildman–Crippen LogP) is 4.07. The maximum Gasteiger partial charge on any atom is 0.250 e. The Balaban J connectivity index is 2.49. The van der Waals surface area contributed by atoms with Crippen molar-refractivity contribution in [2.24, 2.45) is 0 Å². The van der Waals surface area contributed by atoms with Gasteiger partial charge >= 0.3 is 0 Å². The Morgan fingerprint density at radius 1 is 1.27 bits per heavy atom. The van der Waals surface area contributed by atoms with Crippen LogP contribution in [0.25, 0.3) is 0 Å². The molecule has 0 bridgehead atoms. The van der Waals surface area contributed by atoms with Crippen molar-refractivity contribution in [1.29, 1.82) is 0 Å². The third kappa shape index (κ3) is 3.24. The normalized spacial score (nSPS) is 16.8. The number of hydrogen-bond acceptors (Lipinski definition) is 4. The fourth-order valence-corrected chi connectivity index (χ4v) is 3.03. The van der Waals surface area contributed by atoms with Crippen molar-refractivity contribution >= 4 is 14.6 Å². The van der Waals surface area contributed by atoms with Crippen LogP contribution in [0, 0.1) is 5.82 Å². The van der Waals surface area contributed by atoms with Crippen LogP contribution in [0.4, 0.5) is 4.39 Å². The molecule has 6 heteroatoms. The van der Waals surface area contributed by atoms with Crippen LogP contribution >= 0.6 is 0 Å². The Morgan fingerprint density at radius 3 is 2.36 bits per heavy atom. The first-order chi connectivity index (χ1) is 10.2. The average Bonchev–Trinajstić information content (AvgIpc) is 2.92. The highest BCUT2D eigenvalue weighted by atomic mass is 28.4. The van der Waals surface area contributed by atoms with Gasteiger partial charge in [0.2, 0.25) is 8.32 Å². The van der Waals surface area contributed by atoms with E-state index in [2.05, 4.69) is 33.9 Å². The minimum Gasteiger partial charge on any atom is -0.543 e. The molecule has 0 unspecified atom stereocenters. The van der Waals surface area contributed by atoms with Gasteiger partial charge in [0.15, 0.2) is 12.6 Å². The molecule has 0 saturated carbocycles. The molecule has 1 aliphatic heterocycles. The molecule has 122 valence electrons. The van der Waals surface area contributed by atoms with Gasteiger partial charge in [-0.05, 0) is 30.3 Å². The summed E-state index contributed by atoms with van der Waals surface area (Å²) in [6.45, 7) is 11.4. The number of hydrogen-bond donors (Lipinski definition) is 0. The zero-order valence-corrected chi connectivity index (χ0v) is 14.7. The summed E-state index contributed by atoms with van der Waals surface area (Å²) in [7, 11) is -2.13. The lowest BCUT2D eigenvalue weighted by atomic mass is 10.1. The van der Waals surface area contributed by atoms with Crippen molar-refractivity contribution in [1.82, 2.24) is 0 Å². The molecule has 0 spiro atoms. The largest absolute Gasteiger partial charge is 0.543 e. The van der Waals surface area contributed by atoms with E-state index in [1.54, 1.807) is 6.07 Å². The molecule has 1 heterocycles. The Kier molecular flexibility index (Phi) is 4.75. The van der Waals surface area contributed by atoms with E-state index < -0.39 is 20.4 Å². The van der Waals surface area contributed by atoms with Crippen LogP contribution in [-0.2, 0) is 9.47 Å². The van der Waals surface area contributed by atoms with Gasteiger partial charge in [0.1, 0.15) is 11.6 Å². The van der Waals surface area contributed by atoms with E-state index in [9.17, 15) is 9.18 Å². The lowest BCUT2D eigenvalue weighted by Gasteiger charge is -2.37. The highest BCUT2D eigenvalue weighted by molar-refractivity contribution is 6.74. The van der Waals surface area contributed by atoms with Crippen molar-refractivity contribution < 1.29 is 23.1 Å². The monoisotopic (exact) mass is 326 g/mol. The minimum atomic E-state index is -2.13. The smallest absolute Gasteiger partial charge is 0.250 e. The third-order valence-electron chi connectivity index (χ3n) is 4.34. The molecule has 1 fully saturated rings. The number of carbonyl (C=O) groups is 1. The van der Waals surface area contributed by atoms with Crippen LogP contribution in [-0.4, -0.2) is 27.8 Å². The molecule has 0 amide bonds. The fourth-order valence-electron chi connectivity index (χ4n) is 1.99. The number of halogens is 1. The molecule has 0 N–H and O–H groups in total. The molecule has 1 saturated heterocycles. The van der Waals surface area contributed by atoms with Gasteiger partial charge < -0.3 is 13.9 Å². The SMILES string of the molecule is CC(C)(C)[Si](C)(C)Oc1ccc(F)c(C=O)c1C1OCCO1. The standard InChI is InChI=1S/C16H23FO4Si/c1-16(2,3)22(4,5)21-13-7-6-12(17)11(10-18)14(13)15-19-8-9-20-15/h6-7,10,15H,8-9H2,1-5H3. The van der Waals surface area contributed by atoms with Crippen molar-refractivity contribution in [3.8, 4) is 5.75 Å². The van der Waals surface area contributed by atoms with E-state index in [0.717, 1.165) is 0 Å². The summed E-state index contributed by atoms with van der Waals surface area (Å²) in [5.41, 5.74) is 0.306. The molecule has 0 atom stereocenters. The van der Waals surface area contributed by atoms with E-state index >= 15 is 0 Å². The van der Waals surface area contributed by atoms with Gasteiger partial charge in [-0.25, -0.2) is 4.39 Å². The molecule has 4 nitrogen and oxygen atoms in total. The molecule has 0 radical (unpaired) electrons. The zero-order chi connectivity index (χ0) is 16.5. The maximum atomic E-state index is 14.0. The van der Waals surface area contributed by atoms with E-state index in [1.807, 2.05) is 0 Å².